The molecule has 0 aromatic carbocycles. The molecule has 2 aliphatic rings. The summed E-state index contributed by atoms with van der Waals surface area (Å²) in [5, 5.41) is 11.9. The third-order valence-electron chi connectivity index (χ3n) is 4.88. The molecule has 11 heteroatoms. The van der Waals surface area contributed by atoms with Crippen LogP contribution in [0.4, 0.5) is 5.95 Å². The zero-order valence-electron chi connectivity index (χ0n) is 16.0. The Balaban J connectivity index is 1.50. The van der Waals surface area contributed by atoms with Gasteiger partial charge in [-0.3, -0.25) is 4.79 Å². The number of likely N-dealkylation sites (tertiary alicyclic amines) is 1. The van der Waals surface area contributed by atoms with Crippen LogP contribution in [0.1, 0.15) is 26.7 Å². The Kier molecular flexibility index (Phi) is 6.30. The second-order valence-electron chi connectivity index (χ2n) is 7.52. The molecule has 0 bridgehead atoms. The number of piperidine rings is 1. The van der Waals surface area contributed by atoms with Crippen molar-refractivity contribution in [2.45, 2.75) is 38.5 Å². The van der Waals surface area contributed by atoms with Gasteiger partial charge in [0.05, 0.1) is 24.2 Å². The Bertz CT molecular complexity index is 736. The standard InChI is InChI=1S/C16H28N6O4S/c1-13(2)12-27(24,25)14-3-5-20(6-4-14)15(23)11-22-18-16(17-19-22)21-7-9-26-10-8-21/h13-14H,3-12H2,1-2H3. The fourth-order valence-corrected chi connectivity index (χ4v) is 5.61. The van der Waals surface area contributed by atoms with Crippen molar-refractivity contribution in [2.24, 2.45) is 5.92 Å². The van der Waals surface area contributed by atoms with Gasteiger partial charge in [-0.2, -0.15) is 4.80 Å². The quantitative estimate of drug-likeness (QED) is 0.633. The van der Waals surface area contributed by atoms with E-state index >= 15 is 0 Å². The molecule has 1 aromatic rings. The molecule has 1 amide bonds. The smallest absolute Gasteiger partial charge is 0.266 e. The van der Waals surface area contributed by atoms with Crippen molar-refractivity contribution < 1.29 is 17.9 Å². The van der Waals surface area contributed by atoms with Crippen LogP contribution in [0, 0.1) is 5.92 Å². The largest absolute Gasteiger partial charge is 0.378 e. The van der Waals surface area contributed by atoms with Crippen LogP contribution >= 0.6 is 0 Å². The minimum absolute atomic E-state index is 0.0146. The first-order chi connectivity index (χ1) is 12.8. The predicted molar refractivity (Wildman–Crippen MR) is 99.1 cm³/mol. The molecule has 2 fully saturated rings. The van der Waals surface area contributed by atoms with E-state index in [-0.39, 0.29) is 29.4 Å². The van der Waals surface area contributed by atoms with E-state index in [4.69, 9.17) is 4.74 Å². The highest BCUT2D eigenvalue weighted by Gasteiger charge is 2.32. The molecule has 0 radical (unpaired) electrons. The molecule has 3 heterocycles. The molecule has 10 nitrogen and oxygen atoms in total. The first-order valence-electron chi connectivity index (χ1n) is 9.45. The molecule has 1 aromatic heterocycles. The van der Waals surface area contributed by atoms with Crippen LogP contribution in [0.25, 0.3) is 0 Å². The first kappa shape index (κ1) is 20.0. The first-order valence-corrected chi connectivity index (χ1v) is 11.2. The number of morpholine rings is 1. The van der Waals surface area contributed by atoms with Gasteiger partial charge in [-0.05, 0) is 24.0 Å². The third-order valence-corrected chi connectivity index (χ3v) is 7.50. The van der Waals surface area contributed by atoms with Crippen molar-refractivity contribution in [1.82, 2.24) is 25.1 Å². The van der Waals surface area contributed by atoms with E-state index in [2.05, 4.69) is 15.4 Å². The van der Waals surface area contributed by atoms with Gasteiger partial charge in [0.2, 0.25) is 5.91 Å². The minimum atomic E-state index is -3.09. The van der Waals surface area contributed by atoms with Crippen molar-refractivity contribution >= 4 is 21.7 Å². The van der Waals surface area contributed by atoms with Crippen molar-refractivity contribution in [1.29, 1.82) is 0 Å². The molecule has 2 saturated heterocycles. The topological polar surface area (TPSA) is 111 Å². The number of hydrogen-bond donors (Lipinski definition) is 0. The highest BCUT2D eigenvalue weighted by molar-refractivity contribution is 7.92. The average molecular weight is 401 g/mol. The predicted octanol–water partition coefficient (Wildman–Crippen LogP) is -0.428. The highest BCUT2D eigenvalue weighted by Crippen LogP contribution is 2.20. The molecule has 0 aliphatic carbocycles. The van der Waals surface area contributed by atoms with Gasteiger partial charge in [-0.1, -0.05) is 18.9 Å². The summed E-state index contributed by atoms with van der Waals surface area (Å²) in [7, 11) is -3.09. The van der Waals surface area contributed by atoms with E-state index in [9.17, 15) is 13.2 Å². The van der Waals surface area contributed by atoms with Crippen LogP contribution in [0.2, 0.25) is 0 Å². The summed E-state index contributed by atoms with van der Waals surface area (Å²) in [6.07, 6.45) is 0.981. The number of anilines is 1. The van der Waals surface area contributed by atoms with Crippen LogP contribution in [0.15, 0.2) is 0 Å². The van der Waals surface area contributed by atoms with E-state index in [1.54, 1.807) is 4.90 Å². The van der Waals surface area contributed by atoms with Crippen molar-refractivity contribution in [3.05, 3.63) is 0 Å². The molecular formula is C16H28N6O4S. The number of amides is 1. The average Bonchev–Trinajstić information content (AvgIpc) is 3.10. The van der Waals surface area contributed by atoms with Gasteiger partial charge in [-0.25, -0.2) is 8.42 Å². The van der Waals surface area contributed by atoms with Gasteiger partial charge in [0.1, 0.15) is 6.54 Å². The minimum Gasteiger partial charge on any atom is -0.378 e. The van der Waals surface area contributed by atoms with Crippen LogP contribution < -0.4 is 4.90 Å². The molecule has 3 rings (SSSR count). The monoisotopic (exact) mass is 400 g/mol. The summed E-state index contributed by atoms with van der Waals surface area (Å²) in [5.41, 5.74) is 0. The van der Waals surface area contributed by atoms with E-state index in [0.717, 1.165) is 0 Å². The maximum atomic E-state index is 12.5. The van der Waals surface area contributed by atoms with E-state index < -0.39 is 9.84 Å². The number of rotatable bonds is 6. The fourth-order valence-electron chi connectivity index (χ4n) is 3.48. The number of ether oxygens (including phenoxy) is 1. The molecular weight excluding hydrogens is 372 g/mol. The molecule has 0 atom stereocenters. The lowest BCUT2D eigenvalue weighted by atomic mass is 10.1. The molecule has 0 spiro atoms. The number of sulfone groups is 1. The van der Waals surface area contributed by atoms with E-state index in [1.165, 1.54) is 4.80 Å². The Hall–Kier alpha value is -1.75. The maximum Gasteiger partial charge on any atom is 0.266 e. The van der Waals surface area contributed by atoms with Gasteiger partial charge in [0, 0.05) is 26.2 Å². The van der Waals surface area contributed by atoms with Gasteiger partial charge in [0.25, 0.3) is 5.95 Å². The summed E-state index contributed by atoms with van der Waals surface area (Å²) in [5.74, 6) is 0.720. The van der Waals surface area contributed by atoms with Crippen molar-refractivity contribution in [2.75, 3.05) is 50.0 Å². The summed E-state index contributed by atoms with van der Waals surface area (Å²) >= 11 is 0. The summed E-state index contributed by atoms with van der Waals surface area (Å²) in [4.78, 5) is 17.5. The molecule has 152 valence electrons. The van der Waals surface area contributed by atoms with E-state index in [0.29, 0.717) is 58.2 Å². The molecule has 2 aliphatic heterocycles. The number of carbonyl (C=O) groups excluding carboxylic acids is 1. The van der Waals surface area contributed by atoms with Crippen LogP contribution in [0.5, 0.6) is 0 Å². The Morgan fingerprint density at radius 2 is 1.85 bits per heavy atom. The summed E-state index contributed by atoms with van der Waals surface area (Å²) < 4.78 is 30.0. The molecule has 0 saturated carbocycles. The zero-order chi connectivity index (χ0) is 19.4. The summed E-state index contributed by atoms with van der Waals surface area (Å²) in [6, 6.07) is 0. The lowest BCUT2D eigenvalue weighted by Crippen LogP contribution is -2.44. The van der Waals surface area contributed by atoms with Gasteiger partial charge < -0.3 is 14.5 Å². The summed E-state index contributed by atoms with van der Waals surface area (Å²) in [6.45, 7) is 7.40. The Labute approximate surface area is 159 Å². The number of hydrogen-bond acceptors (Lipinski definition) is 8. The molecule has 0 unspecified atom stereocenters. The highest BCUT2D eigenvalue weighted by atomic mass is 32.2. The number of nitrogens with zero attached hydrogens (tertiary/aromatic N) is 6. The Morgan fingerprint density at radius 1 is 1.19 bits per heavy atom. The van der Waals surface area contributed by atoms with Crippen LogP contribution in [-0.2, 0) is 25.9 Å². The van der Waals surface area contributed by atoms with Crippen molar-refractivity contribution in [3.63, 3.8) is 0 Å². The number of tetrazole rings is 1. The maximum absolute atomic E-state index is 12.5. The SMILES string of the molecule is CC(C)CS(=O)(=O)C1CCN(C(=O)Cn2nnc(N3CCOCC3)n2)CC1. The second-order valence-corrected chi connectivity index (χ2v) is 9.85. The normalized spacial score (nSPS) is 19.7. The fraction of sp³-hybridized carbons (Fsp3) is 0.875. The van der Waals surface area contributed by atoms with Crippen LogP contribution in [-0.4, -0.2) is 89.8 Å². The van der Waals surface area contributed by atoms with Gasteiger partial charge in [-0.15, -0.1) is 5.10 Å². The van der Waals surface area contributed by atoms with Gasteiger partial charge in [0.15, 0.2) is 9.84 Å². The van der Waals surface area contributed by atoms with Crippen LogP contribution in [0.3, 0.4) is 0 Å². The lowest BCUT2D eigenvalue weighted by Gasteiger charge is -2.32. The molecule has 0 N–H and O–H groups in total. The number of aromatic nitrogens is 4. The second kappa shape index (κ2) is 8.51. The zero-order valence-corrected chi connectivity index (χ0v) is 16.8. The number of carbonyl (C=O) groups is 1. The van der Waals surface area contributed by atoms with E-state index in [1.807, 2.05) is 18.7 Å². The Morgan fingerprint density at radius 3 is 2.48 bits per heavy atom. The van der Waals surface area contributed by atoms with Gasteiger partial charge >= 0.3 is 0 Å². The third kappa shape index (κ3) is 5.16. The molecule has 27 heavy (non-hydrogen) atoms. The van der Waals surface area contributed by atoms with Crippen molar-refractivity contribution in [3.8, 4) is 0 Å². The lowest BCUT2D eigenvalue weighted by molar-refractivity contribution is -0.133.